The number of amides is 1. The summed E-state index contributed by atoms with van der Waals surface area (Å²) in [4.78, 5) is 14.3. The third-order valence-corrected chi connectivity index (χ3v) is 6.12. The average Bonchev–Trinajstić information content (AvgIpc) is 2.69. The van der Waals surface area contributed by atoms with Gasteiger partial charge < -0.3 is 4.90 Å². The van der Waals surface area contributed by atoms with Crippen LogP contribution in [0.3, 0.4) is 0 Å². The van der Waals surface area contributed by atoms with Crippen LogP contribution in [0.4, 0.5) is 5.69 Å². The van der Waals surface area contributed by atoms with Gasteiger partial charge >= 0.3 is 0 Å². The second-order valence-electron chi connectivity index (χ2n) is 6.76. The quantitative estimate of drug-likeness (QED) is 0.617. The summed E-state index contributed by atoms with van der Waals surface area (Å²) in [7, 11) is -2.17. The first-order valence-electron chi connectivity index (χ1n) is 8.95. The summed E-state index contributed by atoms with van der Waals surface area (Å²) in [5.74, 6) is -0.294. The van der Waals surface area contributed by atoms with Crippen LogP contribution in [0, 0.1) is 6.92 Å². The molecule has 1 amide bonds. The summed E-state index contributed by atoms with van der Waals surface area (Å²) in [5, 5.41) is 0.575. The normalized spacial score (nSPS) is 11.1. The number of halogens is 1. The van der Waals surface area contributed by atoms with Crippen molar-refractivity contribution in [3.8, 4) is 0 Å². The molecule has 3 aromatic rings. The topological polar surface area (TPSA) is 66.5 Å². The zero-order chi connectivity index (χ0) is 21.0. The molecule has 0 saturated heterocycles. The van der Waals surface area contributed by atoms with Crippen LogP contribution in [0.5, 0.6) is 0 Å². The molecule has 0 aromatic heterocycles. The zero-order valence-corrected chi connectivity index (χ0v) is 17.7. The van der Waals surface area contributed by atoms with Gasteiger partial charge in [-0.15, -0.1) is 0 Å². The Balaban J connectivity index is 1.81. The van der Waals surface area contributed by atoms with Crippen LogP contribution in [-0.4, -0.2) is 26.3 Å². The first kappa shape index (κ1) is 20.9. The van der Waals surface area contributed by atoms with Gasteiger partial charge in [-0.3, -0.25) is 9.52 Å². The molecule has 0 radical (unpaired) electrons. The van der Waals surface area contributed by atoms with E-state index >= 15 is 0 Å². The maximum Gasteiger partial charge on any atom is 0.261 e. The molecule has 0 bridgehead atoms. The van der Waals surface area contributed by atoms with Crippen LogP contribution < -0.4 is 4.72 Å². The van der Waals surface area contributed by atoms with Gasteiger partial charge in [-0.05, 0) is 54.4 Å². The fourth-order valence-corrected chi connectivity index (χ4v) is 4.18. The highest BCUT2D eigenvalue weighted by Crippen LogP contribution is 2.20. The minimum Gasteiger partial charge on any atom is -0.337 e. The van der Waals surface area contributed by atoms with Crippen molar-refractivity contribution in [2.45, 2.75) is 18.4 Å². The molecule has 0 aliphatic rings. The number of aryl methyl sites for hydroxylation is 1. The number of carbonyl (C=O) groups is 1. The molecule has 1 N–H and O–H groups in total. The van der Waals surface area contributed by atoms with E-state index in [2.05, 4.69) is 4.72 Å². The Morgan fingerprint density at radius 1 is 1.00 bits per heavy atom. The highest BCUT2D eigenvalue weighted by Gasteiger charge is 2.19. The molecule has 0 atom stereocenters. The van der Waals surface area contributed by atoms with Crippen molar-refractivity contribution in [1.82, 2.24) is 4.90 Å². The van der Waals surface area contributed by atoms with Crippen LogP contribution in [0.25, 0.3) is 0 Å². The van der Waals surface area contributed by atoms with Crippen molar-refractivity contribution < 1.29 is 13.2 Å². The Kier molecular flexibility index (Phi) is 6.25. The van der Waals surface area contributed by atoms with E-state index < -0.39 is 10.0 Å². The zero-order valence-electron chi connectivity index (χ0n) is 16.1. The fraction of sp³-hybridized carbons (Fsp3) is 0.136. The summed E-state index contributed by atoms with van der Waals surface area (Å²) in [6, 6.07) is 20.3. The molecular weight excluding hydrogens is 408 g/mol. The molecule has 0 saturated carbocycles. The Hall–Kier alpha value is -2.83. The third kappa shape index (κ3) is 5.16. The Bertz CT molecular complexity index is 1150. The molecule has 0 aliphatic carbocycles. The van der Waals surface area contributed by atoms with E-state index in [1.54, 1.807) is 43.4 Å². The molecule has 0 spiro atoms. The lowest BCUT2D eigenvalue weighted by atomic mass is 10.1. The summed E-state index contributed by atoms with van der Waals surface area (Å²) >= 11 is 6.17. The van der Waals surface area contributed by atoms with Gasteiger partial charge in [0.25, 0.3) is 15.9 Å². The predicted octanol–water partition coefficient (Wildman–Crippen LogP) is 4.72. The second kappa shape index (κ2) is 8.68. The van der Waals surface area contributed by atoms with E-state index in [9.17, 15) is 13.2 Å². The first-order chi connectivity index (χ1) is 13.8. The minimum absolute atomic E-state index is 0.0241. The number of sulfonamides is 1. The highest BCUT2D eigenvalue weighted by atomic mass is 35.5. The van der Waals surface area contributed by atoms with Crippen LogP contribution in [0.15, 0.2) is 77.7 Å². The number of nitrogens with zero attached hydrogens (tertiary/aromatic N) is 1. The summed E-state index contributed by atoms with van der Waals surface area (Å²) in [5.41, 5.74) is 2.51. The molecule has 7 heteroatoms. The van der Waals surface area contributed by atoms with Gasteiger partial charge in [0.1, 0.15) is 0 Å². The summed E-state index contributed by atoms with van der Waals surface area (Å²) in [6.07, 6.45) is 0. The molecule has 0 unspecified atom stereocenters. The van der Waals surface area contributed by atoms with Crippen LogP contribution in [0.2, 0.25) is 5.02 Å². The molecule has 3 aromatic carbocycles. The second-order valence-corrected chi connectivity index (χ2v) is 8.85. The first-order valence-corrected chi connectivity index (χ1v) is 10.8. The predicted molar refractivity (Wildman–Crippen MR) is 116 cm³/mol. The van der Waals surface area contributed by atoms with Gasteiger partial charge in [0.15, 0.2) is 0 Å². The van der Waals surface area contributed by atoms with Crippen molar-refractivity contribution in [2.75, 3.05) is 11.8 Å². The maximum absolute atomic E-state index is 12.8. The highest BCUT2D eigenvalue weighted by molar-refractivity contribution is 7.92. The molecule has 0 heterocycles. The van der Waals surface area contributed by atoms with Gasteiger partial charge in [0.2, 0.25) is 0 Å². The van der Waals surface area contributed by atoms with Crippen molar-refractivity contribution in [2.24, 2.45) is 0 Å². The average molecular weight is 429 g/mol. The van der Waals surface area contributed by atoms with E-state index in [4.69, 9.17) is 11.6 Å². The SMILES string of the molecule is Cc1cccc(NS(=O)(=O)c2cccc(C(=O)N(C)Cc3ccccc3Cl)c2)c1. The Morgan fingerprint density at radius 3 is 2.45 bits per heavy atom. The van der Waals surface area contributed by atoms with Crippen LogP contribution in [0.1, 0.15) is 21.5 Å². The van der Waals surface area contributed by atoms with Crippen LogP contribution >= 0.6 is 11.6 Å². The number of hydrogen-bond donors (Lipinski definition) is 1. The van der Waals surface area contributed by atoms with Gasteiger partial charge in [-0.2, -0.15) is 0 Å². The van der Waals surface area contributed by atoms with Gasteiger partial charge in [0.05, 0.1) is 4.90 Å². The lowest BCUT2D eigenvalue weighted by molar-refractivity contribution is 0.0785. The number of benzene rings is 3. The minimum atomic E-state index is -3.82. The molecule has 5 nitrogen and oxygen atoms in total. The largest absolute Gasteiger partial charge is 0.337 e. The Labute approximate surface area is 176 Å². The van der Waals surface area contributed by atoms with E-state index in [-0.39, 0.29) is 16.4 Å². The van der Waals surface area contributed by atoms with Gasteiger partial charge in [0, 0.05) is 29.9 Å². The number of carbonyl (C=O) groups excluding carboxylic acids is 1. The molecule has 29 heavy (non-hydrogen) atoms. The summed E-state index contributed by atoms with van der Waals surface area (Å²) in [6.45, 7) is 2.20. The number of hydrogen-bond acceptors (Lipinski definition) is 3. The molecule has 0 aliphatic heterocycles. The fourth-order valence-electron chi connectivity index (χ4n) is 2.89. The molecule has 0 fully saturated rings. The number of anilines is 1. The third-order valence-electron chi connectivity index (χ3n) is 4.37. The summed E-state index contributed by atoms with van der Waals surface area (Å²) < 4.78 is 28.0. The molecular formula is C22H21ClN2O3S. The number of rotatable bonds is 6. The van der Waals surface area contributed by atoms with Gasteiger partial charge in [-0.1, -0.05) is 48.0 Å². The van der Waals surface area contributed by atoms with Crippen molar-refractivity contribution in [3.63, 3.8) is 0 Å². The molecule has 150 valence electrons. The van der Waals surface area contributed by atoms with Crippen molar-refractivity contribution in [1.29, 1.82) is 0 Å². The van der Waals surface area contributed by atoms with E-state index in [0.717, 1.165) is 11.1 Å². The monoisotopic (exact) mass is 428 g/mol. The maximum atomic E-state index is 12.8. The van der Waals surface area contributed by atoms with E-state index in [1.165, 1.54) is 17.0 Å². The van der Waals surface area contributed by atoms with Gasteiger partial charge in [-0.25, -0.2) is 8.42 Å². The smallest absolute Gasteiger partial charge is 0.261 e. The number of nitrogens with one attached hydrogen (secondary N) is 1. The molecule has 3 rings (SSSR count). The van der Waals surface area contributed by atoms with Crippen LogP contribution in [-0.2, 0) is 16.6 Å². The van der Waals surface area contributed by atoms with E-state index in [1.807, 2.05) is 31.2 Å². The standard InChI is InChI=1S/C22H21ClN2O3S/c1-16-7-5-10-19(13-16)24-29(27,28)20-11-6-9-17(14-20)22(26)25(2)15-18-8-3-4-12-21(18)23/h3-14,24H,15H2,1-2H3. The lowest BCUT2D eigenvalue weighted by Gasteiger charge is -2.18. The lowest BCUT2D eigenvalue weighted by Crippen LogP contribution is -2.26. The van der Waals surface area contributed by atoms with E-state index in [0.29, 0.717) is 17.3 Å². The van der Waals surface area contributed by atoms with Crippen molar-refractivity contribution in [3.05, 3.63) is 94.5 Å². The Morgan fingerprint density at radius 2 is 1.72 bits per heavy atom. The van der Waals surface area contributed by atoms with Crippen molar-refractivity contribution >= 4 is 33.2 Å².